The molecule has 0 unspecified atom stereocenters. The molecule has 0 spiro atoms. The molecule has 26 heavy (non-hydrogen) atoms. The number of benzene rings is 1. The van der Waals surface area contributed by atoms with Crippen molar-refractivity contribution < 1.29 is 9.18 Å². The first-order valence-corrected chi connectivity index (χ1v) is 7.95. The fraction of sp³-hybridized carbons (Fsp3) is 0.150. The second-order valence-electron chi connectivity index (χ2n) is 5.86. The molecule has 0 amide bonds. The summed E-state index contributed by atoms with van der Waals surface area (Å²) in [4.78, 5) is 24.5. The fourth-order valence-corrected chi connectivity index (χ4v) is 2.67. The molecule has 5 nitrogen and oxygen atoms in total. The topological polar surface area (TPSA) is 56.9 Å². The summed E-state index contributed by atoms with van der Waals surface area (Å²) < 4.78 is 16.3. The molecule has 0 aliphatic heterocycles. The molecule has 3 aromatic rings. The van der Waals surface area contributed by atoms with Crippen molar-refractivity contribution in [3.05, 3.63) is 87.3 Å². The molecule has 130 valence electrons. The Bertz CT molecular complexity index is 1060. The number of ketones is 1. The van der Waals surface area contributed by atoms with Gasteiger partial charge in [0.05, 0.1) is 24.8 Å². The van der Waals surface area contributed by atoms with Crippen LogP contribution in [0.5, 0.6) is 0 Å². The second kappa shape index (κ2) is 7.19. The van der Waals surface area contributed by atoms with Gasteiger partial charge in [0.2, 0.25) is 0 Å². The third-order valence-corrected chi connectivity index (χ3v) is 4.10. The van der Waals surface area contributed by atoms with E-state index in [2.05, 4.69) is 11.0 Å². The summed E-state index contributed by atoms with van der Waals surface area (Å²) in [5.74, 6) is 0.946. The number of pyridine rings is 1. The summed E-state index contributed by atoms with van der Waals surface area (Å²) in [6, 6.07) is 10.7. The minimum Gasteiger partial charge on any atom is -0.304 e. The number of terminal acetylenes is 1. The Kier molecular flexibility index (Phi) is 4.81. The van der Waals surface area contributed by atoms with Gasteiger partial charge in [-0.05, 0) is 18.6 Å². The Morgan fingerprint density at radius 1 is 1.31 bits per heavy atom. The van der Waals surface area contributed by atoms with Crippen LogP contribution in [0.25, 0.3) is 0 Å². The number of carbonyl (C=O) groups excluding carboxylic acids is 1. The van der Waals surface area contributed by atoms with Crippen LogP contribution < -0.4 is 5.56 Å². The van der Waals surface area contributed by atoms with Gasteiger partial charge in [-0.1, -0.05) is 36.3 Å². The van der Waals surface area contributed by atoms with Gasteiger partial charge in [-0.25, -0.2) is 4.39 Å². The molecular formula is C20H16FN3O2. The summed E-state index contributed by atoms with van der Waals surface area (Å²) >= 11 is 0. The van der Waals surface area contributed by atoms with Crippen LogP contribution >= 0.6 is 0 Å². The number of aromatic nitrogens is 3. The van der Waals surface area contributed by atoms with Crippen molar-refractivity contribution in [1.29, 1.82) is 0 Å². The molecule has 0 saturated heterocycles. The smallest absolute Gasteiger partial charge is 0.287 e. The van der Waals surface area contributed by atoms with Gasteiger partial charge in [-0.15, -0.1) is 6.42 Å². The lowest BCUT2D eigenvalue weighted by molar-refractivity contribution is 0.0969. The summed E-state index contributed by atoms with van der Waals surface area (Å²) in [6.45, 7) is 2.01. The number of rotatable bonds is 5. The van der Waals surface area contributed by atoms with E-state index in [-0.39, 0.29) is 17.9 Å². The zero-order valence-electron chi connectivity index (χ0n) is 14.1. The van der Waals surface area contributed by atoms with Gasteiger partial charge in [0.25, 0.3) is 5.56 Å². The van der Waals surface area contributed by atoms with Crippen LogP contribution in [-0.2, 0) is 13.1 Å². The van der Waals surface area contributed by atoms with E-state index in [9.17, 15) is 14.0 Å². The van der Waals surface area contributed by atoms with E-state index in [0.717, 1.165) is 16.2 Å². The molecule has 2 heterocycles. The van der Waals surface area contributed by atoms with Gasteiger partial charge in [0.1, 0.15) is 0 Å². The molecule has 1 aromatic carbocycles. The van der Waals surface area contributed by atoms with Crippen LogP contribution in [0.3, 0.4) is 0 Å². The first-order valence-electron chi connectivity index (χ1n) is 7.95. The molecular weight excluding hydrogens is 333 g/mol. The molecule has 0 aliphatic carbocycles. The number of hydrogen-bond acceptors (Lipinski definition) is 3. The minimum absolute atomic E-state index is 0.200. The van der Waals surface area contributed by atoms with Crippen molar-refractivity contribution in [3.8, 4) is 12.3 Å². The van der Waals surface area contributed by atoms with Crippen molar-refractivity contribution >= 4 is 5.78 Å². The Morgan fingerprint density at radius 3 is 2.73 bits per heavy atom. The first kappa shape index (κ1) is 17.4. The van der Waals surface area contributed by atoms with E-state index in [1.807, 2.05) is 30.3 Å². The average Bonchev–Trinajstić information content (AvgIpc) is 3.00. The molecule has 0 bridgehead atoms. The third kappa shape index (κ3) is 3.47. The number of nitrogens with zero attached hydrogens (tertiary/aromatic N) is 3. The van der Waals surface area contributed by atoms with Crippen molar-refractivity contribution in [3.63, 3.8) is 0 Å². The minimum atomic E-state index is -0.982. The second-order valence-corrected chi connectivity index (χ2v) is 5.86. The zero-order valence-corrected chi connectivity index (χ0v) is 14.1. The van der Waals surface area contributed by atoms with Crippen LogP contribution in [0, 0.1) is 25.1 Å². The van der Waals surface area contributed by atoms with Crippen LogP contribution in [0.15, 0.2) is 53.6 Å². The van der Waals surface area contributed by atoms with E-state index in [4.69, 9.17) is 6.42 Å². The average molecular weight is 349 g/mol. The zero-order chi connectivity index (χ0) is 18.7. The van der Waals surface area contributed by atoms with Gasteiger partial charge in [-0.3, -0.25) is 14.3 Å². The Labute approximate surface area is 149 Å². The van der Waals surface area contributed by atoms with Gasteiger partial charge in [0.15, 0.2) is 11.6 Å². The third-order valence-electron chi connectivity index (χ3n) is 4.10. The molecule has 0 radical (unpaired) electrons. The van der Waals surface area contributed by atoms with Crippen LogP contribution in [-0.4, -0.2) is 20.1 Å². The SMILES string of the molecule is C#Cc1cc(F)c(=O)n(CC(=O)c2cnn(Cc3ccccc3)c2C)c1. The molecule has 0 atom stereocenters. The van der Waals surface area contributed by atoms with Crippen molar-refractivity contribution in [2.45, 2.75) is 20.0 Å². The molecule has 0 N–H and O–H groups in total. The van der Waals surface area contributed by atoms with E-state index in [1.54, 1.807) is 11.6 Å². The van der Waals surface area contributed by atoms with Gasteiger partial charge >= 0.3 is 0 Å². The summed E-state index contributed by atoms with van der Waals surface area (Å²) in [6.07, 6.45) is 8.01. The summed E-state index contributed by atoms with van der Waals surface area (Å²) in [5.41, 5.74) is 1.44. The lowest BCUT2D eigenvalue weighted by Gasteiger charge is -2.07. The van der Waals surface area contributed by atoms with E-state index in [1.165, 1.54) is 12.4 Å². The molecule has 3 rings (SSSR count). The maximum Gasteiger partial charge on any atom is 0.287 e. The summed E-state index contributed by atoms with van der Waals surface area (Å²) in [5, 5.41) is 4.25. The Hall–Kier alpha value is -3.46. The fourth-order valence-electron chi connectivity index (χ4n) is 2.67. The standard InChI is InChI=1S/C20H16FN3O2/c1-3-15-9-18(21)20(26)23(11-15)13-19(25)17-10-22-24(14(17)2)12-16-7-5-4-6-8-16/h1,4-11H,12-13H2,2H3. The molecule has 2 aromatic heterocycles. The lowest BCUT2D eigenvalue weighted by atomic mass is 10.1. The predicted octanol–water partition coefficient (Wildman–Crippen LogP) is 2.40. The van der Waals surface area contributed by atoms with Crippen LogP contribution in [0.2, 0.25) is 0 Å². The highest BCUT2D eigenvalue weighted by Crippen LogP contribution is 2.12. The van der Waals surface area contributed by atoms with Gasteiger partial charge < -0.3 is 4.57 Å². The first-order chi connectivity index (χ1) is 12.5. The molecule has 0 fully saturated rings. The molecule has 0 aliphatic rings. The van der Waals surface area contributed by atoms with Crippen molar-refractivity contribution in [1.82, 2.24) is 14.3 Å². The molecule has 0 saturated carbocycles. The van der Waals surface area contributed by atoms with Gasteiger partial charge in [0, 0.05) is 17.5 Å². The van der Waals surface area contributed by atoms with Gasteiger partial charge in [-0.2, -0.15) is 5.10 Å². The number of carbonyl (C=O) groups is 1. The number of halogens is 1. The maximum absolute atomic E-state index is 13.6. The van der Waals surface area contributed by atoms with Crippen LogP contribution in [0.4, 0.5) is 4.39 Å². The number of Topliss-reactive ketones (excluding diaryl/α,β-unsaturated/α-hetero) is 1. The quantitative estimate of drug-likeness (QED) is 0.525. The van der Waals surface area contributed by atoms with E-state index >= 15 is 0 Å². The highest BCUT2D eigenvalue weighted by molar-refractivity contribution is 5.96. The highest BCUT2D eigenvalue weighted by atomic mass is 19.1. The van der Waals surface area contributed by atoms with Crippen molar-refractivity contribution in [2.75, 3.05) is 0 Å². The largest absolute Gasteiger partial charge is 0.304 e. The summed E-state index contributed by atoms with van der Waals surface area (Å²) in [7, 11) is 0. The predicted molar refractivity (Wildman–Crippen MR) is 95.4 cm³/mol. The highest BCUT2D eigenvalue weighted by Gasteiger charge is 2.16. The monoisotopic (exact) mass is 349 g/mol. The van der Waals surface area contributed by atoms with E-state index < -0.39 is 11.4 Å². The van der Waals surface area contributed by atoms with E-state index in [0.29, 0.717) is 17.8 Å². The lowest BCUT2D eigenvalue weighted by Crippen LogP contribution is -2.26. The normalized spacial score (nSPS) is 10.5. The van der Waals surface area contributed by atoms with Crippen LogP contribution in [0.1, 0.15) is 27.2 Å². The van der Waals surface area contributed by atoms with Crippen molar-refractivity contribution in [2.24, 2.45) is 0 Å². The number of hydrogen-bond donors (Lipinski definition) is 0. The Morgan fingerprint density at radius 2 is 2.04 bits per heavy atom. The maximum atomic E-state index is 13.6. The Balaban J connectivity index is 1.85. The molecule has 6 heteroatoms.